The Hall–Kier alpha value is -3.07. The molecule has 9 heteroatoms. The molecule has 0 spiro atoms. The summed E-state index contributed by atoms with van der Waals surface area (Å²) in [6, 6.07) is 18.7. The summed E-state index contributed by atoms with van der Waals surface area (Å²) >= 11 is 6.36. The van der Waals surface area contributed by atoms with Crippen LogP contribution in [0.4, 0.5) is 13.2 Å². The highest BCUT2D eigenvalue weighted by Gasteiger charge is 2.40. The van der Waals surface area contributed by atoms with Crippen molar-refractivity contribution in [2.75, 3.05) is 32.8 Å². The third kappa shape index (κ3) is 8.49. The number of alkyl halides is 3. The van der Waals surface area contributed by atoms with E-state index in [1.165, 1.54) is 12.1 Å². The van der Waals surface area contributed by atoms with Crippen molar-refractivity contribution in [3.8, 4) is 5.75 Å². The Kier molecular flexibility index (Phi) is 10.6. The van der Waals surface area contributed by atoms with Crippen molar-refractivity contribution in [3.63, 3.8) is 0 Å². The lowest BCUT2D eigenvalue weighted by molar-refractivity contribution is -0.138. The fourth-order valence-electron chi connectivity index (χ4n) is 5.69. The van der Waals surface area contributed by atoms with Crippen molar-refractivity contribution in [1.82, 2.24) is 9.80 Å². The summed E-state index contributed by atoms with van der Waals surface area (Å²) in [6.45, 7) is 6.38. The molecule has 3 aromatic rings. The van der Waals surface area contributed by atoms with Gasteiger partial charge in [0.1, 0.15) is 5.75 Å². The highest BCUT2D eigenvalue weighted by atomic mass is 35.5. The van der Waals surface area contributed by atoms with E-state index in [-0.39, 0.29) is 25.5 Å². The Labute approximate surface area is 250 Å². The van der Waals surface area contributed by atoms with Gasteiger partial charge >= 0.3 is 6.18 Å². The van der Waals surface area contributed by atoms with Crippen molar-refractivity contribution in [3.05, 3.63) is 99.6 Å². The molecule has 1 amide bonds. The number of halogens is 4. The Morgan fingerprint density at radius 2 is 1.71 bits per heavy atom. The van der Waals surface area contributed by atoms with Gasteiger partial charge in [-0.2, -0.15) is 13.2 Å². The number of amides is 1. The first-order valence-corrected chi connectivity index (χ1v) is 14.6. The van der Waals surface area contributed by atoms with E-state index in [2.05, 4.69) is 4.90 Å². The molecule has 1 aliphatic heterocycles. The van der Waals surface area contributed by atoms with Crippen LogP contribution in [0.5, 0.6) is 5.75 Å². The molecule has 1 unspecified atom stereocenters. The second kappa shape index (κ2) is 13.9. The molecule has 0 bridgehead atoms. The Balaban J connectivity index is 1.55. The van der Waals surface area contributed by atoms with Crippen LogP contribution in [-0.2, 0) is 24.1 Å². The van der Waals surface area contributed by atoms with E-state index in [0.717, 1.165) is 53.8 Å². The van der Waals surface area contributed by atoms with Gasteiger partial charge in [0.2, 0.25) is 5.91 Å². The fourth-order valence-corrected chi connectivity index (χ4v) is 5.80. The number of likely N-dealkylation sites (tertiary alicyclic amines) is 1. The van der Waals surface area contributed by atoms with Crippen LogP contribution in [0.3, 0.4) is 0 Å². The quantitative estimate of drug-likeness (QED) is 0.256. The summed E-state index contributed by atoms with van der Waals surface area (Å²) in [6.07, 6.45) is -2.59. The molecular formula is C33H38ClF3N2O3. The molecule has 1 atom stereocenters. The number of carbonyl (C=O) groups is 1. The van der Waals surface area contributed by atoms with E-state index in [1.54, 1.807) is 4.90 Å². The van der Waals surface area contributed by atoms with Crippen molar-refractivity contribution in [1.29, 1.82) is 0 Å². The number of hydrogen-bond acceptors (Lipinski definition) is 4. The number of aliphatic hydroxyl groups excluding tert-OH is 1. The van der Waals surface area contributed by atoms with Gasteiger partial charge in [-0.25, -0.2) is 0 Å². The van der Waals surface area contributed by atoms with E-state index >= 15 is 0 Å². The first-order chi connectivity index (χ1) is 20.0. The van der Waals surface area contributed by atoms with E-state index in [4.69, 9.17) is 16.3 Å². The summed E-state index contributed by atoms with van der Waals surface area (Å²) in [7, 11) is 0. The predicted octanol–water partition coefficient (Wildman–Crippen LogP) is 7.05. The number of rotatable bonds is 11. The van der Waals surface area contributed by atoms with Crippen molar-refractivity contribution in [2.24, 2.45) is 5.41 Å². The molecule has 1 fully saturated rings. The number of aryl methyl sites for hydroxylation is 2. The minimum absolute atomic E-state index is 0.0728. The number of aliphatic hydroxyl groups is 1. The van der Waals surface area contributed by atoms with Crippen LogP contribution < -0.4 is 4.74 Å². The zero-order valence-corrected chi connectivity index (χ0v) is 24.8. The van der Waals surface area contributed by atoms with Gasteiger partial charge in [-0.15, -0.1) is 0 Å². The monoisotopic (exact) mass is 602 g/mol. The van der Waals surface area contributed by atoms with Crippen molar-refractivity contribution in [2.45, 2.75) is 52.4 Å². The van der Waals surface area contributed by atoms with Gasteiger partial charge in [0.25, 0.3) is 0 Å². The molecule has 1 N–H and O–H groups in total. The van der Waals surface area contributed by atoms with Crippen LogP contribution in [0, 0.1) is 19.3 Å². The van der Waals surface area contributed by atoms with Crippen molar-refractivity contribution >= 4 is 17.5 Å². The van der Waals surface area contributed by atoms with Gasteiger partial charge in [0, 0.05) is 43.0 Å². The molecular weight excluding hydrogens is 565 g/mol. The zero-order chi connectivity index (χ0) is 30.3. The van der Waals surface area contributed by atoms with Gasteiger partial charge < -0.3 is 14.7 Å². The summed E-state index contributed by atoms with van der Waals surface area (Å²) < 4.78 is 45.6. The molecule has 4 rings (SSSR count). The van der Waals surface area contributed by atoms with Gasteiger partial charge in [0.15, 0.2) is 0 Å². The number of ether oxygens (including phenoxy) is 1. The summed E-state index contributed by atoms with van der Waals surface area (Å²) in [4.78, 5) is 17.7. The molecule has 0 radical (unpaired) electrons. The summed E-state index contributed by atoms with van der Waals surface area (Å²) in [5, 5.41) is 10.4. The average Bonchev–Trinajstić information content (AvgIpc) is 2.95. The second-order valence-electron chi connectivity index (χ2n) is 11.4. The highest BCUT2D eigenvalue weighted by Crippen LogP contribution is 2.37. The molecule has 1 heterocycles. The maximum Gasteiger partial charge on any atom is 0.416 e. The Morgan fingerprint density at radius 1 is 1.05 bits per heavy atom. The molecule has 0 aromatic heterocycles. The topological polar surface area (TPSA) is 53.0 Å². The Bertz CT molecular complexity index is 1310. The second-order valence-corrected chi connectivity index (χ2v) is 11.7. The predicted molar refractivity (Wildman–Crippen MR) is 158 cm³/mol. The van der Waals surface area contributed by atoms with E-state index in [0.29, 0.717) is 37.0 Å². The van der Waals surface area contributed by atoms with Gasteiger partial charge in [-0.1, -0.05) is 54.1 Å². The smallest absolute Gasteiger partial charge is 0.416 e. The molecule has 42 heavy (non-hydrogen) atoms. The summed E-state index contributed by atoms with van der Waals surface area (Å²) in [5.74, 6) is 0.605. The lowest BCUT2D eigenvalue weighted by Gasteiger charge is -2.43. The van der Waals surface area contributed by atoms with E-state index in [1.807, 2.05) is 56.3 Å². The molecule has 5 nitrogen and oxygen atoms in total. The number of nitrogens with zero attached hydrogens (tertiary/aromatic N) is 2. The number of benzene rings is 3. The molecule has 1 aliphatic rings. The SMILES string of the molecule is Cc1cc(OCC2(CC(=O)N(CCO)Cc3ccccc3)CCCN(Cc3ccc(C(F)(F)F)cc3)C2)cc(C)c1Cl. The summed E-state index contributed by atoms with van der Waals surface area (Å²) in [5.41, 5.74) is 2.36. The molecule has 1 saturated heterocycles. The van der Waals surface area contributed by atoms with Crippen LogP contribution in [0.15, 0.2) is 66.7 Å². The largest absolute Gasteiger partial charge is 0.493 e. The zero-order valence-electron chi connectivity index (χ0n) is 24.1. The maximum atomic E-state index is 13.8. The van der Waals surface area contributed by atoms with Gasteiger partial charge in [-0.3, -0.25) is 9.69 Å². The third-order valence-corrected chi connectivity index (χ3v) is 8.44. The Morgan fingerprint density at radius 3 is 2.33 bits per heavy atom. The number of hydrogen-bond donors (Lipinski definition) is 1. The molecule has 226 valence electrons. The lowest BCUT2D eigenvalue weighted by atomic mass is 9.77. The molecule has 0 saturated carbocycles. The first-order valence-electron chi connectivity index (χ1n) is 14.2. The van der Waals surface area contributed by atoms with Crippen LogP contribution in [-0.4, -0.2) is 53.7 Å². The van der Waals surface area contributed by atoms with E-state index < -0.39 is 17.2 Å². The van der Waals surface area contributed by atoms with Crippen LogP contribution in [0.2, 0.25) is 5.02 Å². The van der Waals surface area contributed by atoms with Crippen LogP contribution in [0.1, 0.15) is 47.1 Å². The van der Waals surface area contributed by atoms with Gasteiger partial charge in [-0.05, 0) is 79.8 Å². The lowest BCUT2D eigenvalue weighted by Crippen LogP contribution is -2.49. The minimum Gasteiger partial charge on any atom is -0.493 e. The number of piperidine rings is 1. The normalized spacial score (nSPS) is 17.7. The van der Waals surface area contributed by atoms with E-state index in [9.17, 15) is 23.1 Å². The molecule has 3 aromatic carbocycles. The third-order valence-electron chi connectivity index (χ3n) is 7.85. The highest BCUT2D eigenvalue weighted by molar-refractivity contribution is 6.32. The fraction of sp³-hybridized carbons (Fsp3) is 0.424. The first kappa shape index (κ1) is 31.9. The number of carbonyl (C=O) groups excluding carboxylic acids is 1. The van der Waals surface area contributed by atoms with Crippen LogP contribution in [0.25, 0.3) is 0 Å². The standard InChI is InChI=1S/C33H38ClF3N2O3/c1-24-17-29(18-25(2)31(24)34)42-23-32(19-30(41)39(15-16-40)21-26-7-4-3-5-8-26)13-6-14-38(22-32)20-27-9-11-28(12-10-27)33(35,36)37/h3-5,7-12,17-18,40H,6,13-16,19-23H2,1-2H3. The average molecular weight is 603 g/mol. The van der Waals surface area contributed by atoms with Crippen molar-refractivity contribution < 1.29 is 27.8 Å². The molecule has 0 aliphatic carbocycles. The van der Waals surface area contributed by atoms with Gasteiger partial charge in [0.05, 0.1) is 18.8 Å². The minimum atomic E-state index is -4.38. The van der Waals surface area contributed by atoms with Crippen LogP contribution >= 0.6 is 11.6 Å². The maximum absolute atomic E-state index is 13.8.